The van der Waals surface area contributed by atoms with E-state index in [4.69, 9.17) is 11.6 Å². The molecule has 5 fully saturated rings. The van der Waals surface area contributed by atoms with Crippen LogP contribution in [0.1, 0.15) is 81.0 Å². The number of β-lactam (4-membered cyclic amide) rings is 1. The molecule has 0 spiro atoms. The zero-order valence-corrected chi connectivity index (χ0v) is 65.8. The Morgan fingerprint density at radius 2 is 1.04 bits per heavy atom. The minimum absolute atomic E-state index is 0.000550. The summed E-state index contributed by atoms with van der Waals surface area (Å²) in [6.07, 6.45) is 2.66. The molecule has 8 N–H and O–H groups in total. The number of likely N-dealkylation sites (N-methyl/N-ethyl adjacent to an activating group) is 4. The predicted molar refractivity (Wildman–Crippen MR) is 412 cm³/mol. The molecule has 11 rings (SSSR count). The van der Waals surface area contributed by atoms with Gasteiger partial charge in [0.15, 0.2) is 0 Å². The highest BCUT2D eigenvalue weighted by molar-refractivity contribution is 7.90. The lowest BCUT2D eigenvalue weighted by Gasteiger charge is -2.52. The average molecular weight is 1600 g/mol. The van der Waals surface area contributed by atoms with E-state index in [2.05, 4.69) is 36.6 Å². The Hall–Kier alpha value is -10.7. The van der Waals surface area contributed by atoms with Crippen molar-refractivity contribution in [1.82, 2.24) is 70.9 Å². The smallest absolute Gasteiger partial charge is 0.326 e. The highest BCUT2D eigenvalue weighted by Gasteiger charge is 2.54. The van der Waals surface area contributed by atoms with Gasteiger partial charge in [-0.05, 0) is 98.9 Å². The van der Waals surface area contributed by atoms with Crippen molar-refractivity contribution < 1.29 is 84.3 Å². The molecular weight excluding hydrogens is 1510 g/mol. The number of rotatable bonds is 16. The molecular formula is C77H95ClN14O18S2. The molecule has 5 unspecified atom stereocenters. The highest BCUT2D eigenvalue weighted by atomic mass is 35.5. The van der Waals surface area contributed by atoms with E-state index in [9.17, 15) is 50.7 Å². The van der Waals surface area contributed by atoms with Gasteiger partial charge >= 0.3 is 5.97 Å². The lowest BCUT2D eigenvalue weighted by Crippen LogP contribution is -2.75. The summed E-state index contributed by atoms with van der Waals surface area (Å²) in [5.74, 6) is -13.9. The van der Waals surface area contributed by atoms with Gasteiger partial charge in [-0.2, -0.15) is 0 Å². The van der Waals surface area contributed by atoms with Crippen LogP contribution in [0.3, 0.4) is 0 Å². The Bertz CT molecular complexity index is 4830. The molecule has 32 nitrogen and oxygen atoms in total. The number of carboxylic acid groups (broad SMARTS) is 1. The summed E-state index contributed by atoms with van der Waals surface area (Å²) >= 11 is 6.29. The van der Waals surface area contributed by atoms with E-state index in [0.29, 0.717) is 49.1 Å². The summed E-state index contributed by atoms with van der Waals surface area (Å²) < 4.78 is 51.8. The molecule has 2 bridgehead atoms. The molecule has 5 aliphatic rings. The average Bonchev–Trinajstić information content (AvgIpc) is 0.746. The minimum atomic E-state index is -3.90. The van der Waals surface area contributed by atoms with Crippen molar-refractivity contribution in [1.29, 1.82) is 0 Å². The number of nitrogens with one attached hydrogen (secondary N) is 7. The second-order valence-electron chi connectivity index (χ2n) is 29.5. The number of carbonyl (C=O) groups is 13. The fourth-order valence-electron chi connectivity index (χ4n) is 15.2. The Morgan fingerprint density at radius 1 is 0.527 bits per heavy atom. The SMILES string of the molecule is CC1NC(=O)CC(C(=O)N2CCC[C@H]2C(=O)O)NC(=O)[C@H](Cc2c[nH]c3ccccc23)N2C(=O)C(C2C)N(C)C(=O)[C@H](CCS(C)(=O)=O)NC(=O)[C@H](Cc2ccc(Cl)cc2)N(C)C(=O)CN(C)C(=O)[C@@H]2CCCN2C(=O)C(Cc2c[nH]c3ccccc23)NC(=O)[C@H](Cc2ccccc2)N(C)C(=O)[C@H](CCS(C)(=O)=O)NC1=O. The molecule has 4 aromatic carbocycles. The number of hydrogen-bond acceptors (Lipinski definition) is 17. The van der Waals surface area contributed by atoms with Crippen LogP contribution in [0.25, 0.3) is 21.8 Å². The number of aliphatic carboxylic acids is 1. The summed E-state index contributed by atoms with van der Waals surface area (Å²) in [6, 6.07) is 10.7. The number of sulfone groups is 2. The first kappa shape index (κ1) is 83.7. The monoisotopic (exact) mass is 1600 g/mol. The number of fused-ring (bicyclic) bond motifs is 29. The maximum absolute atomic E-state index is 15.6. The Balaban J connectivity index is 1.05. The topological polar surface area (TPSA) is 425 Å². The van der Waals surface area contributed by atoms with Gasteiger partial charge in [0.2, 0.25) is 70.9 Å². The normalized spacial score (nSPS) is 25.3. The van der Waals surface area contributed by atoms with Gasteiger partial charge in [0.1, 0.15) is 86.1 Å². The number of aromatic amines is 2. The lowest BCUT2D eigenvalue weighted by atomic mass is 9.89. The Kier molecular flexibility index (Phi) is 26.7. The Morgan fingerprint density at radius 3 is 1.61 bits per heavy atom. The molecule has 0 radical (unpaired) electrons. The van der Waals surface area contributed by atoms with Gasteiger partial charge < -0.3 is 76.0 Å². The standard InChI is InChI=1S/C77H95ClN14O18S2/c1-44-67(95)82-55(30-34-111(7,107)108)71(99)88(5)62(36-46-18-10-9-11-19-46)69(97)84-57(38-48-41-79-53-22-14-12-20-51(48)53)73(101)90-32-16-24-59(90)75(103)86(3)43-65(94)87(4)61(37-47-26-28-50(78)29-27-47)68(96)83-56(31-35-112(8,109)110)72(100)89(6)66-45(2)92(76(66)104)63(39-49-42-80-54-23-15-13-21-52(49)54)70(98)85-58(40-64(93)81-44)74(102)91-33-17-25-60(91)77(105)106/h9-15,18-23,26-29,41-42,44-45,55-63,66,79-80H,16-17,24-25,30-40,43H2,1-8H3,(H,81,93)(H,82,95)(H,83,96)(H,84,97)(H,85,98)(H,105,106)/t44?,45?,55-,56-,57?,58?,59-,60-,61-,62-,63-,66?/m0/s1. The van der Waals surface area contributed by atoms with E-state index in [0.717, 1.165) is 41.9 Å². The van der Waals surface area contributed by atoms with Crippen LogP contribution in [0.2, 0.25) is 5.02 Å². The quantitative estimate of drug-likeness (QED) is 0.0493. The van der Waals surface area contributed by atoms with Gasteiger partial charge in [0.25, 0.3) is 0 Å². The van der Waals surface area contributed by atoms with Crippen molar-refractivity contribution in [3.05, 3.63) is 143 Å². The van der Waals surface area contributed by atoms with E-state index >= 15 is 33.6 Å². The number of amides is 12. The predicted octanol–water partition coefficient (Wildman–Crippen LogP) is 0.895. The number of aromatic nitrogens is 2. The summed E-state index contributed by atoms with van der Waals surface area (Å²) in [6.45, 7) is 1.91. The van der Waals surface area contributed by atoms with Gasteiger partial charge in [-0.1, -0.05) is 90.5 Å². The van der Waals surface area contributed by atoms with Crippen molar-refractivity contribution >= 4 is 130 Å². The first-order chi connectivity index (χ1) is 53.0. The zero-order valence-electron chi connectivity index (χ0n) is 63.4. The molecule has 2 aromatic heterocycles. The van der Waals surface area contributed by atoms with Crippen LogP contribution in [0.5, 0.6) is 0 Å². The second kappa shape index (κ2) is 35.7. The fraction of sp³-hybridized carbons (Fsp3) is 0.468. The van der Waals surface area contributed by atoms with Gasteiger partial charge in [0, 0.05) is 119 Å². The van der Waals surface area contributed by atoms with Gasteiger partial charge in [-0.3, -0.25) is 57.5 Å². The van der Waals surface area contributed by atoms with Crippen LogP contribution < -0.4 is 26.6 Å². The maximum Gasteiger partial charge on any atom is 0.326 e. The van der Waals surface area contributed by atoms with Crippen LogP contribution in [0.4, 0.5) is 0 Å². The van der Waals surface area contributed by atoms with Crippen LogP contribution in [-0.2, 0) is 108 Å². The zero-order chi connectivity index (χ0) is 81.4. The molecule has 5 saturated heterocycles. The molecule has 12 atom stereocenters. The summed E-state index contributed by atoms with van der Waals surface area (Å²) in [5, 5.41) is 25.2. The van der Waals surface area contributed by atoms with Gasteiger partial charge in [-0.25, -0.2) is 21.6 Å². The van der Waals surface area contributed by atoms with Crippen molar-refractivity contribution in [3.8, 4) is 0 Å². The third kappa shape index (κ3) is 19.9. The number of para-hydroxylation sites is 2. The number of likely N-dealkylation sites (tertiary alicyclic amines) is 1. The molecule has 0 saturated carbocycles. The van der Waals surface area contributed by atoms with E-state index < -0.39 is 206 Å². The molecule has 6 aromatic rings. The van der Waals surface area contributed by atoms with Crippen molar-refractivity contribution in [3.63, 3.8) is 0 Å². The van der Waals surface area contributed by atoms with Gasteiger partial charge in [-0.15, -0.1) is 0 Å². The second-order valence-corrected chi connectivity index (χ2v) is 34.5. The molecule has 35 heteroatoms. The fourth-order valence-corrected chi connectivity index (χ4v) is 16.7. The van der Waals surface area contributed by atoms with Crippen molar-refractivity contribution in [2.24, 2.45) is 0 Å². The van der Waals surface area contributed by atoms with Crippen molar-refractivity contribution in [2.75, 3.05) is 71.8 Å². The number of halogens is 1. The molecule has 112 heavy (non-hydrogen) atoms. The molecule has 7 heterocycles. The van der Waals surface area contributed by atoms with E-state index in [-0.39, 0.29) is 64.5 Å². The van der Waals surface area contributed by atoms with Crippen molar-refractivity contribution in [2.45, 2.75) is 157 Å². The number of benzene rings is 4. The summed E-state index contributed by atoms with van der Waals surface area (Å²) in [7, 11) is -2.68. The largest absolute Gasteiger partial charge is 0.480 e. The van der Waals surface area contributed by atoms with E-state index in [1.165, 1.54) is 46.9 Å². The van der Waals surface area contributed by atoms with Crippen LogP contribution in [0.15, 0.2) is 116 Å². The third-order valence-electron chi connectivity index (χ3n) is 21.5. The van der Waals surface area contributed by atoms with Crippen LogP contribution >= 0.6 is 11.6 Å². The highest BCUT2D eigenvalue weighted by Crippen LogP contribution is 2.33. The number of carbonyl (C=O) groups excluding carboxylic acids is 12. The maximum atomic E-state index is 15.6. The van der Waals surface area contributed by atoms with Crippen LogP contribution in [-0.4, -0.2) is 287 Å². The summed E-state index contributed by atoms with van der Waals surface area (Å²) in [5.41, 5.74) is 3.35. The number of carboxylic acids is 1. The molecule has 0 aliphatic carbocycles. The molecule has 600 valence electrons. The Labute approximate surface area is 653 Å². The molecule has 12 amide bonds. The number of H-pyrrole nitrogens is 2. The lowest BCUT2D eigenvalue weighted by molar-refractivity contribution is -0.170. The first-order valence-electron chi connectivity index (χ1n) is 36.9. The molecule has 5 aliphatic heterocycles. The van der Waals surface area contributed by atoms with E-state index in [1.54, 1.807) is 116 Å². The number of nitrogens with zero attached hydrogens (tertiary/aromatic N) is 7. The first-order valence-corrected chi connectivity index (χ1v) is 41.4. The third-order valence-corrected chi connectivity index (χ3v) is 23.7. The van der Waals surface area contributed by atoms with Gasteiger partial charge in [0.05, 0.1) is 30.5 Å². The number of hydrogen-bond donors (Lipinski definition) is 8. The van der Waals surface area contributed by atoms with Crippen LogP contribution in [0, 0.1) is 0 Å². The van der Waals surface area contributed by atoms with E-state index in [1.807, 2.05) is 0 Å². The summed E-state index contributed by atoms with van der Waals surface area (Å²) in [4.78, 5) is 208. The minimum Gasteiger partial charge on any atom is -0.480 e.